The number of carbonyl (C=O) groups excluding carboxylic acids is 2. The smallest absolute Gasteiger partial charge is 0.228 e. The molecule has 0 bridgehead atoms. The molecule has 0 saturated carbocycles. The minimum atomic E-state index is -0.0925. The fraction of sp³-hybridized carbons (Fsp3) is 0.263. The molecule has 1 aliphatic rings. The second-order valence-electron chi connectivity index (χ2n) is 5.77. The minimum Gasteiger partial charge on any atom is -0.497 e. The number of ether oxygens (including phenoxy) is 1. The van der Waals surface area contributed by atoms with Gasteiger partial charge < -0.3 is 15.0 Å². The Balaban J connectivity index is 1.64. The molecule has 1 saturated heterocycles. The first-order valence-corrected chi connectivity index (χ1v) is 7.99. The number of methoxy groups -OCH3 is 1. The second kappa shape index (κ2) is 7.17. The monoisotopic (exact) mass is 324 g/mol. The molecule has 5 heteroatoms. The molecular weight excluding hydrogens is 304 g/mol. The van der Waals surface area contributed by atoms with Gasteiger partial charge in [-0.15, -0.1) is 0 Å². The number of anilines is 2. The number of amides is 2. The molecule has 2 aromatic rings. The number of rotatable bonds is 5. The van der Waals surface area contributed by atoms with E-state index < -0.39 is 0 Å². The Bertz CT molecular complexity index is 741. The van der Waals surface area contributed by atoms with Gasteiger partial charge in [-0.2, -0.15) is 0 Å². The summed E-state index contributed by atoms with van der Waals surface area (Å²) < 4.78 is 5.11. The van der Waals surface area contributed by atoms with Gasteiger partial charge >= 0.3 is 0 Å². The van der Waals surface area contributed by atoms with Crippen molar-refractivity contribution in [3.8, 4) is 5.75 Å². The standard InChI is InChI=1S/C19H20N2O3/c1-24-17-9-7-14(8-10-17)12-18(22)20-15-4-2-5-16(13-15)21-11-3-6-19(21)23/h2,4-5,7-10,13H,3,6,11-12H2,1H3,(H,20,22). The van der Waals surface area contributed by atoms with Gasteiger partial charge in [0.25, 0.3) is 0 Å². The van der Waals surface area contributed by atoms with Crippen LogP contribution in [0.25, 0.3) is 0 Å². The van der Waals surface area contributed by atoms with Crippen molar-refractivity contribution in [2.24, 2.45) is 0 Å². The van der Waals surface area contributed by atoms with Crippen LogP contribution < -0.4 is 15.0 Å². The maximum absolute atomic E-state index is 12.2. The van der Waals surface area contributed by atoms with Crippen LogP contribution in [0.3, 0.4) is 0 Å². The van der Waals surface area contributed by atoms with Gasteiger partial charge in [-0.05, 0) is 42.3 Å². The lowest BCUT2D eigenvalue weighted by Crippen LogP contribution is -2.23. The van der Waals surface area contributed by atoms with Gasteiger partial charge in [0.2, 0.25) is 11.8 Å². The molecule has 5 nitrogen and oxygen atoms in total. The van der Waals surface area contributed by atoms with E-state index in [9.17, 15) is 9.59 Å². The first-order chi connectivity index (χ1) is 11.7. The van der Waals surface area contributed by atoms with Crippen LogP contribution in [0, 0.1) is 0 Å². The molecule has 124 valence electrons. The Labute approximate surface area is 141 Å². The highest BCUT2D eigenvalue weighted by molar-refractivity contribution is 5.97. The van der Waals surface area contributed by atoms with Gasteiger partial charge in [0.05, 0.1) is 13.5 Å². The predicted molar refractivity (Wildman–Crippen MR) is 93.4 cm³/mol. The summed E-state index contributed by atoms with van der Waals surface area (Å²) in [4.78, 5) is 25.8. The van der Waals surface area contributed by atoms with E-state index in [1.807, 2.05) is 48.5 Å². The molecule has 1 fully saturated rings. The van der Waals surface area contributed by atoms with Crippen LogP contribution in [0.4, 0.5) is 11.4 Å². The summed E-state index contributed by atoms with van der Waals surface area (Å²) in [5, 5.41) is 2.89. The lowest BCUT2D eigenvalue weighted by atomic mass is 10.1. The molecule has 0 radical (unpaired) electrons. The van der Waals surface area contributed by atoms with Crippen LogP contribution in [-0.2, 0) is 16.0 Å². The highest BCUT2D eigenvalue weighted by Gasteiger charge is 2.21. The van der Waals surface area contributed by atoms with E-state index in [2.05, 4.69) is 5.32 Å². The van der Waals surface area contributed by atoms with Gasteiger partial charge in [-0.1, -0.05) is 18.2 Å². The highest BCUT2D eigenvalue weighted by atomic mass is 16.5. The van der Waals surface area contributed by atoms with Gasteiger partial charge in [-0.3, -0.25) is 9.59 Å². The predicted octanol–water partition coefficient (Wildman–Crippen LogP) is 3.00. The molecule has 2 amide bonds. The molecule has 0 spiro atoms. The van der Waals surface area contributed by atoms with Crippen LogP contribution in [0.15, 0.2) is 48.5 Å². The van der Waals surface area contributed by atoms with Crippen LogP contribution in [0.5, 0.6) is 5.75 Å². The third-order valence-corrected chi connectivity index (χ3v) is 4.04. The Morgan fingerprint density at radius 1 is 1.21 bits per heavy atom. The van der Waals surface area contributed by atoms with Gasteiger partial charge in [0, 0.05) is 24.3 Å². The van der Waals surface area contributed by atoms with E-state index in [0.717, 1.165) is 30.0 Å². The molecule has 1 heterocycles. The molecule has 0 aromatic heterocycles. The van der Waals surface area contributed by atoms with Crippen molar-refractivity contribution in [3.05, 3.63) is 54.1 Å². The molecule has 0 aliphatic carbocycles. The first-order valence-electron chi connectivity index (χ1n) is 7.99. The number of nitrogens with zero attached hydrogens (tertiary/aromatic N) is 1. The lowest BCUT2D eigenvalue weighted by Gasteiger charge is -2.16. The van der Waals surface area contributed by atoms with E-state index in [1.165, 1.54) is 0 Å². The normalized spacial score (nSPS) is 13.9. The molecule has 1 aliphatic heterocycles. The average molecular weight is 324 g/mol. The maximum Gasteiger partial charge on any atom is 0.228 e. The average Bonchev–Trinajstić information content (AvgIpc) is 3.02. The van der Waals surface area contributed by atoms with Gasteiger partial charge in [0.15, 0.2) is 0 Å². The van der Waals surface area contributed by atoms with Crippen molar-refractivity contribution < 1.29 is 14.3 Å². The summed E-state index contributed by atoms with van der Waals surface area (Å²) in [5.74, 6) is 0.809. The SMILES string of the molecule is COc1ccc(CC(=O)Nc2cccc(N3CCCC3=O)c2)cc1. The third-order valence-electron chi connectivity index (χ3n) is 4.04. The zero-order valence-electron chi connectivity index (χ0n) is 13.6. The number of carbonyl (C=O) groups is 2. The highest BCUT2D eigenvalue weighted by Crippen LogP contribution is 2.24. The summed E-state index contributed by atoms with van der Waals surface area (Å²) in [6, 6.07) is 14.8. The number of hydrogen-bond acceptors (Lipinski definition) is 3. The molecule has 24 heavy (non-hydrogen) atoms. The number of nitrogens with one attached hydrogen (secondary N) is 1. The molecule has 0 unspecified atom stereocenters. The number of hydrogen-bond donors (Lipinski definition) is 1. The fourth-order valence-electron chi connectivity index (χ4n) is 2.81. The van der Waals surface area contributed by atoms with E-state index in [-0.39, 0.29) is 18.2 Å². The third kappa shape index (κ3) is 3.74. The topological polar surface area (TPSA) is 58.6 Å². The van der Waals surface area contributed by atoms with E-state index in [4.69, 9.17) is 4.74 Å². The summed E-state index contributed by atoms with van der Waals surface area (Å²) in [7, 11) is 1.61. The molecule has 2 aromatic carbocycles. The molecule has 1 N–H and O–H groups in total. The summed E-state index contributed by atoms with van der Waals surface area (Å²) in [6.45, 7) is 0.738. The Morgan fingerprint density at radius 2 is 2.00 bits per heavy atom. The number of benzene rings is 2. The Morgan fingerprint density at radius 3 is 2.67 bits per heavy atom. The molecular formula is C19H20N2O3. The zero-order valence-corrected chi connectivity index (χ0v) is 13.6. The Kier molecular flexibility index (Phi) is 4.79. The first kappa shape index (κ1) is 16.1. The van der Waals surface area contributed by atoms with E-state index in [0.29, 0.717) is 12.1 Å². The van der Waals surface area contributed by atoms with E-state index >= 15 is 0 Å². The van der Waals surface area contributed by atoms with Crippen LogP contribution in [0.2, 0.25) is 0 Å². The fourth-order valence-corrected chi connectivity index (χ4v) is 2.81. The molecule has 3 rings (SSSR count). The van der Waals surface area contributed by atoms with Crippen molar-refractivity contribution in [1.29, 1.82) is 0 Å². The van der Waals surface area contributed by atoms with Crippen molar-refractivity contribution in [3.63, 3.8) is 0 Å². The van der Waals surface area contributed by atoms with Crippen molar-refractivity contribution in [1.82, 2.24) is 0 Å². The maximum atomic E-state index is 12.2. The summed E-state index contributed by atoms with van der Waals surface area (Å²) in [6.07, 6.45) is 1.76. The second-order valence-corrected chi connectivity index (χ2v) is 5.77. The van der Waals surface area contributed by atoms with Crippen molar-refractivity contribution in [2.45, 2.75) is 19.3 Å². The van der Waals surface area contributed by atoms with Crippen LogP contribution in [-0.4, -0.2) is 25.5 Å². The summed E-state index contributed by atoms with van der Waals surface area (Å²) in [5.41, 5.74) is 2.45. The quantitative estimate of drug-likeness (QED) is 0.920. The molecule has 0 atom stereocenters. The lowest BCUT2D eigenvalue weighted by molar-refractivity contribution is -0.117. The van der Waals surface area contributed by atoms with Gasteiger partial charge in [-0.25, -0.2) is 0 Å². The van der Waals surface area contributed by atoms with Crippen molar-refractivity contribution >= 4 is 23.2 Å². The van der Waals surface area contributed by atoms with Crippen molar-refractivity contribution in [2.75, 3.05) is 23.9 Å². The van der Waals surface area contributed by atoms with Gasteiger partial charge in [0.1, 0.15) is 5.75 Å². The van der Waals surface area contributed by atoms with E-state index in [1.54, 1.807) is 12.0 Å². The van der Waals surface area contributed by atoms with Crippen LogP contribution >= 0.6 is 0 Å². The largest absolute Gasteiger partial charge is 0.497 e. The Hall–Kier alpha value is -2.82. The zero-order chi connectivity index (χ0) is 16.9. The van der Waals surface area contributed by atoms with Crippen LogP contribution in [0.1, 0.15) is 18.4 Å². The minimum absolute atomic E-state index is 0.0925. The summed E-state index contributed by atoms with van der Waals surface area (Å²) >= 11 is 0.